The zero-order valence-corrected chi connectivity index (χ0v) is 11.2. The standard InChI is InChI=1S/C12H12ClN3O4/c13-9-1-2-10(11(7-9)16(19)20)12(18)15-5-3-14(8-17)4-6-15/h1-2,7-8H,3-6H2. The summed E-state index contributed by atoms with van der Waals surface area (Å²) in [4.78, 5) is 36.3. The third-order valence-electron chi connectivity index (χ3n) is 3.14. The van der Waals surface area contributed by atoms with Gasteiger partial charge < -0.3 is 9.80 Å². The molecule has 2 amide bonds. The lowest BCUT2D eigenvalue weighted by Gasteiger charge is -2.32. The third-order valence-corrected chi connectivity index (χ3v) is 3.37. The summed E-state index contributed by atoms with van der Waals surface area (Å²) in [6.45, 7) is 1.57. The van der Waals surface area contributed by atoms with Gasteiger partial charge in [-0.15, -0.1) is 0 Å². The summed E-state index contributed by atoms with van der Waals surface area (Å²) in [5.41, 5.74) is -0.292. The van der Waals surface area contributed by atoms with Crippen LogP contribution in [-0.4, -0.2) is 53.2 Å². The van der Waals surface area contributed by atoms with E-state index in [1.54, 1.807) is 4.90 Å². The molecule has 1 heterocycles. The van der Waals surface area contributed by atoms with E-state index in [-0.39, 0.29) is 16.3 Å². The van der Waals surface area contributed by atoms with Gasteiger partial charge in [-0.25, -0.2) is 0 Å². The predicted molar refractivity (Wildman–Crippen MR) is 71.6 cm³/mol. The number of nitro groups is 1. The van der Waals surface area contributed by atoms with Crippen molar-refractivity contribution in [3.8, 4) is 0 Å². The van der Waals surface area contributed by atoms with Crippen LogP contribution in [0.25, 0.3) is 0 Å². The lowest BCUT2D eigenvalue weighted by molar-refractivity contribution is -0.385. The van der Waals surface area contributed by atoms with Gasteiger partial charge in [-0.3, -0.25) is 19.7 Å². The molecule has 0 atom stereocenters. The Morgan fingerprint density at radius 2 is 1.95 bits per heavy atom. The minimum atomic E-state index is -0.624. The fraction of sp³-hybridized carbons (Fsp3) is 0.333. The number of hydrogen-bond donors (Lipinski definition) is 0. The van der Waals surface area contributed by atoms with E-state index in [1.807, 2.05) is 0 Å². The summed E-state index contributed by atoms with van der Waals surface area (Å²) in [7, 11) is 0. The van der Waals surface area contributed by atoms with Gasteiger partial charge in [0.25, 0.3) is 11.6 Å². The highest BCUT2D eigenvalue weighted by molar-refractivity contribution is 6.31. The molecule has 2 rings (SSSR count). The number of hydrogen-bond acceptors (Lipinski definition) is 4. The minimum Gasteiger partial charge on any atom is -0.342 e. The fourth-order valence-electron chi connectivity index (χ4n) is 2.04. The van der Waals surface area contributed by atoms with Crippen LogP contribution in [0.1, 0.15) is 10.4 Å². The van der Waals surface area contributed by atoms with E-state index in [1.165, 1.54) is 17.0 Å². The fourth-order valence-corrected chi connectivity index (χ4v) is 2.20. The van der Waals surface area contributed by atoms with Crippen LogP contribution in [0.3, 0.4) is 0 Å². The second kappa shape index (κ2) is 5.87. The van der Waals surface area contributed by atoms with Crippen molar-refractivity contribution in [2.75, 3.05) is 26.2 Å². The summed E-state index contributed by atoms with van der Waals surface area (Å²) >= 11 is 5.71. The molecule has 0 spiro atoms. The van der Waals surface area contributed by atoms with Gasteiger partial charge in [-0.1, -0.05) is 11.6 Å². The van der Waals surface area contributed by atoms with Crippen molar-refractivity contribution in [3.63, 3.8) is 0 Å². The van der Waals surface area contributed by atoms with E-state index in [4.69, 9.17) is 11.6 Å². The molecule has 0 aromatic heterocycles. The molecule has 1 aromatic rings. The molecule has 0 saturated carbocycles. The highest BCUT2D eigenvalue weighted by Crippen LogP contribution is 2.24. The van der Waals surface area contributed by atoms with Crippen molar-refractivity contribution >= 4 is 29.6 Å². The van der Waals surface area contributed by atoms with Crippen LogP contribution >= 0.6 is 11.6 Å². The lowest BCUT2D eigenvalue weighted by atomic mass is 10.1. The van der Waals surface area contributed by atoms with Gasteiger partial charge in [0, 0.05) is 37.3 Å². The molecule has 0 aliphatic carbocycles. The molecule has 1 aliphatic rings. The molecule has 106 valence electrons. The summed E-state index contributed by atoms with van der Waals surface area (Å²) in [5, 5.41) is 11.2. The SMILES string of the molecule is O=CN1CCN(C(=O)c2ccc(Cl)cc2[N+](=O)[O-])CC1. The minimum absolute atomic E-state index is 0.0129. The van der Waals surface area contributed by atoms with Gasteiger partial charge >= 0.3 is 0 Å². The van der Waals surface area contributed by atoms with Gasteiger partial charge in [0.2, 0.25) is 6.41 Å². The molecule has 8 heteroatoms. The molecule has 1 aliphatic heterocycles. The molecule has 1 aromatic carbocycles. The average Bonchev–Trinajstić information content (AvgIpc) is 2.46. The van der Waals surface area contributed by atoms with Gasteiger partial charge in [0.1, 0.15) is 5.56 Å². The molecule has 20 heavy (non-hydrogen) atoms. The maximum atomic E-state index is 12.3. The Bertz CT molecular complexity index is 556. The number of nitro benzene ring substituents is 1. The number of benzene rings is 1. The van der Waals surface area contributed by atoms with Gasteiger partial charge in [0.05, 0.1) is 4.92 Å². The summed E-state index contributed by atoms with van der Waals surface area (Å²) in [6, 6.07) is 3.97. The largest absolute Gasteiger partial charge is 0.342 e. The second-order valence-corrected chi connectivity index (χ2v) is 4.79. The van der Waals surface area contributed by atoms with Crippen molar-refractivity contribution in [1.82, 2.24) is 9.80 Å². The van der Waals surface area contributed by atoms with Crippen molar-refractivity contribution in [2.45, 2.75) is 0 Å². The van der Waals surface area contributed by atoms with Crippen molar-refractivity contribution in [1.29, 1.82) is 0 Å². The first-order valence-corrected chi connectivity index (χ1v) is 6.33. The first-order valence-electron chi connectivity index (χ1n) is 5.95. The molecule has 7 nitrogen and oxygen atoms in total. The first-order chi connectivity index (χ1) is 9.52. The molecule has 1 fully saturated rings. The Kier molecular flexibility index (Phi) is 4.19. The zero-order valence-electron chi connectivity index (χ0n) is 10.5. The smallest absolute Gasteiger partial charge is 0.283 e. The Morgan fingerprint density at radius 3 is 2.50 bits per heavy atom. The third kappa shape index (κ3) is 2.88. The number of carbonyl (C=O) groups is 2. The maximum absolute atomic E-state index is 12.3. The van der Waals surface area contributed by atoms with Crippen molar-refractivity contribution in [2.24, 2.45) is 0 Å². The van der Waals surface area contributed by atoms with Gasteiger partial charge in [0.15, 0.2) is 0 Å². The van der Waals surface area contributed by atoms with E-state index in [9.17, 15) is 19.7 Å². The number of rotatable bonds is 3. The lowest BCUT2D eigenvalue weighted by Crippen LogP contribution is -2.48. The molecule has 0 N–H and O–H groups in total. The summed E-state index contributed by atoms with van der Waals surface area (Å²) in [6.07, 6.45) is 0.729. The van der Waals surface area contributed by atoms with Gasteiger partial charge in [-0.05, 0) is 12.1 Å². The van der Waals surface area contributed by atoms with E-state index < -0.39 is 10.8 Å². The molecular weight excluding hydrogens is 286 g/mol. The van der Waals surface area contributed by atoms with E-state index >= 15 is 0 Å². The van der Waals surface area contributed by atoms with E-state index in [2.05, 4.69) is 0 Å². The quantitative estimate of drug-likeness (QED) is 0.476. The summed E-state index contributed by atoms with van der Waals surface area (Å²) < 4.78 is 0. The Balaban J connectivity index is 2.21. The number of piperazine rings is 1. The van der Waals surface area contributed by atoms with Crippen molar-refractivity contribution in [3.05, 3.63) is 38.9 Å². The van der Waals surface area contributed by atoms with Crippen LogP contribution < -0.4 is 0 Å². The first kappa shape index (κ1) is 14.3. The van der Waals surface area contributed by atoms with Crippen LogP contribution in [0, 0.1) is 10.1 Å². The molecule has 1 saturated heterocycles. The van der Waals surface area contributed by atoms with Crippen LogP contribution in [0.4, 0.5) is 5.69 Å². The zero-order chi connectivity index (χ0) is 14.7. The van der Waals surface area contributed by atoms with Crippen LogP contribution in [-0.2, 0) is 4.79 Å². The second-order valence-electron chi connectivity index (χ2n) is 4.35. The topological polar surface area (TPSA) is 83.8 Å². The van der Waals surface area contributed by atoms with Crippen molar-refractivity contribution < 1.29 is 14.5 Å². The molecular formula is C12H12ClN3O4. The van der Waals surface area contributed by atoms with Crippen LogP contribution in [0.15, 0.2) is 18.2 Å². The van der Waals surface area contributed by atoms with Crippen LogP contribution in [0.2, 0.25) is 5.02 Å². The average molecular weight is 298 g/mol. The number of carbonyl (C=O) groups excluding carboxylic acids is 2. The molecule has 0 unspecified atom stereocenters. The predicted octanol–water partition coefficient (Wildman–Crippen LogP) is 1.16. The van der Waals surface area contributed by atoms with E-state index in [0.717, 1.165) is 12.5 Å². The Labute approximate surface area is 119 Å². The molecule has 0 bridgehead atoms. The summed E-state index contributed by atoms with van der Waals surface area (Å²) in [5.74, 6) is -0.418. The Morgan fingerprint density at radius 1 is 1.30 bits per heavy atom. The number of amides is 2. The Hall–Kier alpha value is -2.15. The highest BCUT2D eigenvalue weighted by Gasteiger charge is 2.27. The molecule has 0 radical (unpaired) electrons. The highest BCUT2D eigenvalue weighted by atomic mass is 35.5. The number of halogens is 1. The van der Waals surface area contributed by atoms with Crippen LogP contribution in [0.5, 0.6) is 0 Å². The monoisotopic (exact) mass is 297 g/mol. The maximum Gasteiger partial charge on any atom is 0.283 e. The van der Waals surface area contributed by atoms with Gasteiger partial charge in [-0.2, -0.15) is 0 Å². The van der Waals surface area contributed by atoms with E-state index in [0.29, 0.717) is 26.2 Å². The normalized spacial score (nSPS) is 15.1. The number of nitrogens with zero attached hydrogens (tertiary/aromatic N) is 3.